The zero-order chi connectivity index (χ0) is 21.5. The molecule has 1 heterocycles. The van der Waals surface area contributed by atoms with Gasteiger partial charge in [0, 0.05) is 0 Å². The molecule has 2 aromatic carbocycles. The summed E-state index contributed by atoms with van der Waals surface area (Å²) in [5.41, 5.74) is 2.18. The lowest BCUT2D eigenvalue weighted by atomic mass is 9.79. The molecule has 2 aromatic rings. The van der Waals surface area contributed by atoms with Gasteiger partial charge >= 0.3 is 0 Å². The highest BCUT2D eigenvalue weighted by Crippen LogP contribution is 2.35. The van der Waals surface area contributed by atoms with E-state index in [1.54, 1.807) is 6.92 Å². The normalized spacial score (nSPS) is 28.8. The molecule has 0 amide bonds. The van der Waals surface area contributed by atoms with E-state index in [1.807, 2.05) is 60.7 Å². The molecule has 1 aliphatic heterocycles. The molecule has 0 saturated carbocycles. The highest BCUT2D eigenvalue weighted by molar-refractivity contribution is 5.14. The molecule has 2 N–H and O–H groups in total. The van der Waals surface area contributed by atoms with Gasteiger partial charge in [-0.05, 0) is 29.9 Å². The Balaban J connectivity index is 1.65. The van der Waals surface area contributed by atoms with E-state index in [0.29, 0.717) is 19.8 Å². The third kappa shape index (κ3) is 5.90. The highest BCUT2D eigenvalue weighted by Gasteiger charge is 2.46. The van der Waals surface area contributed by atoms with Crippen LogP contribution < -0.4 is 0 Å². The summed E-state index contributed by atoms with van der Waals surface area (Å²) < 4.78 is 18.4. The first-order chi connectivity index (χ1) is 14.5. The van der Waals surface area contributed by atoms with Crippen LogP contribution in [0.25, 0.3) is 0 Å². The van der Waals surface area contributed by atoms with E-state index in [0.717, 1.165) is 11.1 Å². The molecule has 1 saturated heterocycles. The van der Waals surface area contributed by atoms with Crippen LogP contribution in [0.2, 0.25) is 0 Å². The van der Waals surface area contributed by atoms with Crippen molar-refractivity contribution in [3.8, 4) is 0 Å². The lowest BCUT2D eigenvalue weighted by molar-refractivity contribution is -0.238. The fourth-order valence-electron chi connectivity index (χ4n) is 3.96. The van der Waals surface area contributed by atoms with E-state index in [4.69, 9.17) is 14.2 Å². The van der Waals surface area contributed by atoms with Crippen LogP contribution in [-0.2, 0) is 27.4 Å². The fourth-order valence-corrected chi connectivity index (χ4v) is 3.96. The summed E-state index contributed by atoms with van der Waals surface area (Å²) in [6.07, 6.45) is -3.07. The van der Waals surface area contributed by atoms with Crippen molar-refractivity contribution >= 4 is 0 Å². The summed E-state index contributed by atoms with van der Waals surface area (Å²) in [6.45, 7) is 7.20. The van der Waals surface area contributed by atoms with Gasteiger partial charge in [-0.1, -0.05) is 74.5 Å². The van der Waals surface area contributed by atoms with Gasteiger partial charge in [0.05, 0.1) is 38.1 Å². The van der Waals surface area contributed by atoms with Gasteiger partial charge in [0.1, 0.15) is 12.2 Å². The van der Waals surface area contributed by atoms with E-state index in [2.05, 4.69) is 13.8 Å². The topological polar surface area (TPSA) is 68.2 Å². The second-order valence-electron chi connectivity index (χ2n) is 8.35. The lowest BCUT2D eigenvalue weighted by Crippen LogP contribution is -2.57. The van der Waals surface area contributed by atoms with Crippen LogP contribution in [-0.4, -0.2) is 47.3 Å². The Morgan fingerprint density at radius 2 is 1.43 bits per heavy atom. The highest BCUT2D eigenvalue weighted by atomic mass is 16.6. The van der Waals surface area contributed by atoms with Gasteiger partial charge in [-0.3, -0.25) is 0 Å². The van der Waals surface area contributed by atoms with Gasteiger partial charge in [-0.2, -0.15) is 0 Å². The molecule has 0 aromatic heterocycles. The van der Waals surface area contributed by atoms with Crippen LogP contribution >= 0.6 is 0 Å². The number of benzene rings is 2. The Bertz CT molecular complexity index is 734. The number of hydrogen-bond acceptors (Lipinski definition) is 5. The zero-order valence-corrected chi connectivity index (χ0v) is 18.1. The smallest absolute Gasteiger partial charge is 0.113 e. The van der Waals surface area contributed by atoms with Gasteiger partial charge in [0.2, 0.25) is 0 Å². The number of aliphatic hydroxyl groups excluding tert-OH is 2. The molecule has 7 atom stereocenters. The number of ether oxygens (including phenoxy) is 3. The van der Waals surface area contributed by atoms with Gasteiger partial charge < -0.3 is 24.4 Å². The SMILES string of the molecule is CC(O)C(O)[C@H]1OC(COCc2ccccc2)[C@@H](C)[C@H](C)C1OCc1ccccc1. The quantitative estimate of drug-likeness (QED) is 0.657. The van der Waals surface area contributed by atoms with Gasteiger partial charge in [-0.15, -0.1) is 0 Å². The first kappa shape index (κ1) is 22.9. The molecular formula is C25H34O5. The summed E-state index contributed by atoms with van der Waals surface area (Å²) in [7, 11) is 0. The summed E-state index contributed by atoms with van der Waals surface area (Å²) >= 11 is 0. The van der Waals surface area contributed by atoms with E-state index in [1.165, 1.54) is 0 Å². The maximum atomic E-state index is 10.6. The van der Waals surface area contributed by atoms with E-state index in [9.17, 15) is 10.2 Å². The van der Waals surface area contributed by atoms with Crippen molar-refractivity contribution in [2.24, 2.45) is 11.8 Å². The van der Waals surface area contributed by atoms with E-state index >= 15 is 0 Å². The third-order valence-corrected chi connectivity index (χ3v) is 6.10. The number of rotatable bonds is 9. The Morgan fingerprint density at radius 3 is 2.00 bits per heavy atom. The molecule has 1 aliphatic rings. The second-order valence-corrected chi connectivity index (χ2v) is 8.35. The van der Waals surface area contributed by atoms with Gasteiger partial charge in [0.15, 0.2) is 0 Å². The van der Waals surface area contributed by atoms with Crippen molar-refractivity contribution in [1.29, 1.82) is 0 Å². The van der Waals surface area contributed by atoms with Crippen LogP contribution in [0.5, 0.6) is 0 Å². The minimum atomic E-state index is -1.03. The minimum absolute atomic E-state index is 0.131. The van der Waals surface area contributed by atoms with Crippen molar-refractivity contribution in [3.63, 3.8) is 0 Å². The summed E-state index contributed by atoms with van der Waals surface area (Å²) in [6, 6.07) is 20.0. The summed E-state index contributed by atoms with van der Waals surface area (Å²) in [4.78, 5) is 0. The van der Waals surface area contributed by atoms with Crippen molar-refractivity contribution < 1.29 is 24.4 Å². The van der Waals surface area contributed by atoms with Crippen LogP contribution in [0.3, 0.4) is 0 Å². The zero-order valence-electron chi connectivity index (χ0n) is 18.1. The average molecular weight is 415 g/mol. The Labute approximate surface area is 179 Å². The van der Waals surface area contributed by atoms with Crippen LogP contribution in [0.1, 0.15) is 31.9 Å². The molecule has 5 heteroatoms. The largest absolute Gasteiger partial charge is 0.391 e. The lowest BCUT2D eigenvalue weighted by Gasteiger charge is -2.46. The molecule has 0 bridgehead atoms. The first-order valence-electron chi connectivity index (χ1n) is 10.8. The maximum Gasteiger partial charge on any atom is 0.113 e. The van der Waals surface area contributed by atoms with E-state index < -0.39 is 18.3 Å². The second kappa shape index (κ2) is 11.0. The fraction of sp³-hybridized carbons (Fsp3) is 0.520. The van der Waals surface area contributed by atoms with Crippen LogP contribution in [0.15, 0.2) is 60.7 Å². The number of aliphatic hydroxyl groups is 2. The van der Waals surface area contributed by atoms with Crippen molar-refractivity contribution in [2.75, 3.05) is 6.61 Å². The first-order valence-corrected chi connectivity index (χ1v) is 10.8. The molecule has 5 nitrogen and oxygen atoms in total. The monoisotopic (exact) mass is 414 g/mol. The molecule has 1 fully saturated rings. The standard InChI is InChI=1S/C25H34O5/c1-17-18(2)24(29-15-21-12-8-5-9-13-21)25(23(27)19(3)26)30-22(17)16-28-14-20-10-6-4-7-11-20/h4-13,17-19,22-27H,14-16H2,1-3H3/t17-,18-,19?,22?,23?,24?,25+/m0/s1. The van der Waals surface area contributed by atoms with Crippen molar-refractivity contribution in [1.82, 2.24) is 0 Å². The third-order valence-electron chi connectivity index (χ3n) is 6.10. The predicted octanol–water partition coefficient (Wildman–Crippen LogP) is 3.57. The van der Waals surface area contributed by atoms with Gasteiger partial charge in [0.25, 0.3) is 0 Å². The molecular weight excluding hydrogens is 380 g/mol. The van der Waals surface area contributed by atoms with Crippen molar-refractivity contribution in [2.45, 2.75) is 64.5 Å². The van der Waals surface area contributed by atoms with E-state index in [-0.39, 0.29) is 24.0 Å². The Kier molecular flexibility index (Phi) is 8.42. The molecule has 0 aliphatic carbocycles. The van der Waals surface area contributed by atoms with Gasteiger partial charge in [-0.25, -0.2) is 0 Å². The molecule has 0 spiro atoms. The summed E-state index contributed by atoms with van der Waals surface area (Å²) in [5, 5.41) is 20.7. The Hall–Kier alpha value is -1.76. The van der Waals surface area contributed by atoms with Crippen LogP contribution in [0, 0.1) is 11.8 Å². The van der Waals surface area contributed by atoms with Crippen molar-refractivity contribution in [3.05, 3.63) is 71.8 Å². The molecule has 164 valence electrons. The minimum Gasteiger partial charge on any atom is -0.391 e. The molecule has 3 rings (SSSR count). The predicted molar refractivity (Wildman–Crippen MR) is 116 cm³/mol. The summed E-state index contributed by atoms with van der Waals surface area (Å²) in [5.74, 6) is 0.310. The molecule has 0 radical (unpaired) electrons. The molecule has 30 heavy (non-hydrogen) atoms. The Morgan fingerprint density at radius 1 is 0.867 bits per heavy atom. The molecule has 4 unspecified atom stereocenters. The average Bonchev–Trinajstić information content (AvgIpc) is 2.76. The maximum absolute atomic E-state index is 10.6. The van der Waals surface area contributed by atoms with Crippen LogP contribution in [0.4, 0.5) is 0 Å². The number of hydrogen-bond donors (Lipinski definition) is 2.